The third kappa shape index (κ3) is 3.54. The van der Waals surface area contributed by atoms with Crippen molar-refractivity contribution in [2.75, 3.05) is 6.61 Å². The van der Waals surface area contributed by atoms with Crippen LogP contribution in [0.2, 0.25) is 0 Å². The predicted molar refractivity (Wildman–Crippen MR) is 95.4 cm³/mol. The van der Waals surface area contributed by atoms with Gasteiger partial charge in [0.1, 0.15) is 0 Å². The van der Waals surface area contributed by atoms with Crippen LogP contribution in [0.4, 0.5) is 10.5 Å². The van der Waals surface area contributed by atoms with Crippen LogP contribution in [-0.4, -0.2) is 40.4 Å². The zero-order valence-corrected chi connectivity index (χ0v) is 14.8. The van der Waals surface area contributed by atoms with Crippen LogP contribution >= 0.6 is 0 Å². The van der Waals surface area contributed by atoms with E-state index in [2.05, 4.69) is 0 Å². The molecule has 1 heterocycles. The van der Waals surface area contributed by atoms with Gasteiger partial charge in [-0.25, -0.2) is 14.5 Å². The summed E-state index contributed by atoms with van der Waals surface area (Å²) in [5.74, 6) is -1.51. The fourth-order valence-electron chi connectivity index (χ4n) is 2.90. The minimum atomic E-state index is -1.35. The molecule has 2 aromatic rings. The summed E-state index contributed by atoms with van der Waals surface area (Å²) >= 11 is 0. The number of benzene rings is 2. The summed E-state index contributed by atoms with van der Waals surface area (Å²) < 4.78 is 10.3. The topological polar surface area (TPSA) is 116 Å². The Morgan fingerprint density at radius 1 is 1.14 bits per heavy atom. The van der Waals surface area contributed by atoms with Crippen LogP contribution < -0.4 is 0 Å². The Hall–Kier alpha value is -3.75. The number of carbonyl (C=O) groups is 3. The molecule has 28 heavy (non-hydrogen) atoms. The largest absolute Gasteiger partial charge is 0.464 e. The zero-order valence-electron chi connectivity index (χ0n) is 14.8. The molecule has 2 aromatic carbocycles. The Kier molecular flexibility index (Phi) is 5.35. The summed E-state index contributed by atoms with van der Waals surface area (Å²) in [4.78, 5) is 48.8. The number of hydrogen-bond acceptors (Lipinski definition) is 7. The highest BCUT2D eigenvalue weighted by Gasteiger charge is 2.51. The first kappa shape index (κ1) is 19.0. The number of carbonyl (C=O) groups excluding carboxylic acids is 3. The maximum Gasteiger partial charge on any atom is 0.418 e. The fraction of sp³-hybridized carbons (Fsp3) is 0.211. The Balaban J connectivity index is 1.98. The Morgan fingerprint density at radius 2 is 1.79 bits per heavy atom. The van der Waals surface area contributed by atoms with Gasteiger partial charge >= 0.3 is 12.1 Å². The van der Waals surface area contributed by atoms with E-state index < -0.39 is 35.0 Å². The third-order valence-corrected chi connectivity index (χ3v) is 4.19. The number of nitrogens with zero attached hydrogens (tertiary/aromatic N) is 2. The summed E-state index contributed by atoms with van der Waals surface area (Å²) in [5, 5.41) is 10.8. The van der Waals surface area contributed by atoms with E-state index >= 15 is 0 Å². The molecule has 1 aliphatic heterocycles. The van der Waals surface area contributed by atoms with Crippen LogP contribution in [-0.2, 0) is 14.3 Å². The van der Waals surface area contributed by atoms with Gasteiger partial charge < -0.3 is 9.47 Å². The first-order valence-electron chi connectivity index (χ1n) is 8.44. The van der Waals surface area contributed by atoms with E-state index in [4.69, 9.17) is 9.47 Å². The van der Waals surface area contributed by atoms with Gasteiger partial charge in [-0.1, -0.05) is 18.2 Å². The van der Waals surface area contributed by atoms with Gasteiger partial charge in [0.25, 0.3) is 11.6 Å². The molecule has 0 aliphatic carbocycles. The molecule has 0 N–H and O–H groups in total. The summed E-state index contributed by atoms with van der Waals surface area (Å²) in [6.07, 6.45) is -2.13. The molecule has 2 amide bonds. The molecule has 9 heteroatoms. The van der Waals surface area contributed by atoms with Crippen molar-refractivity contribution in [3.8, 4) is 0 Å². The van der Waals surface area contributed by atoms with Gasteiger partial charge in [0.2, 0.25) is 0 Å². The van der Waals surface area contributed by atoms with Crippen LogP contribution in [0.15, 0.2) is 54.6 Å². The Bertz CT molecular complexity index is 912. The van der Waals surface area contributed by atoms with Gasteiger partial charge in [0.15, 0.2) is 12.1 Å². The number of nitro benzene ring substituents is 1. The second-order valence-electron chi connectivity index (χ2n) is 5.89. The molecule has 0 bridgehead atoms. The minimum Gasteiger partial charge on any atom is -0.464 e. The summed E-state index contributed by atoms with van der Waals surface area (Å²) in [7, 11) is 0. The van der Waals surface area contributed by atoms with Gasteiger partial charge in [0, 0.05) is 17.7 Å². The maximum atomic E-state index is 12.8. The lowest BCUT2D eigenvalue weighted by Crippen LogP contribution is -2.45. The zero-order chi connectivity index (χ0) is 20.3. The van der Waals surface area contributed by atoms with E-state index in [1.807, 2.05) is 0 Å². The molecule has 0 unspecified atom stereocenters. The molecule has 1 aliphatic rings. The predicted octanol–water partition coefficient (Wildman–Crippen LogP) is 2.86. The number of non-ortho nitro benzene ring substituents is 1. The molecule has 0 aromatic heterocycles. The quantitative estimate of drug-likeness (QED) is 0.442. The lowest BCUT2D eigenvalue weighted by molar-refractivity contribution is -0.384. The van der Waals surface area contributed by atoms with E-state index in [1.165, 1.54) is 36.4 Å². The number of ether oxygens (including phenoxy) is 2. The van der Waals surface area contributed by atoms with Crippen LogP contribution in [0, 0.1) is 10.1 Å². The molecule has 0 saturated carbocycles. The van der Waals surface area contributed by atoms with Crippen molar-refractivity contribution < 1.29 is 28.8 Å². The second-order valence-corrected chi connectivity index (χ2v) is 5.89. The average Bonchev–Trinajstić information content (AvgIpc) is 3.05. The van der Waals surface area contributed by atoms with Gasteiger partial charge in [-0.2, -0.15) is 0 Å². The van der Waals surface area contributed by atoms with Crippen molar-refractivity contribution in [2.24, 2.45) is 0 Å². The molecule has 1 saturated heterocycles. The average molecular weight is 384 g/mol. The SMILES string of the molecule is CCOC(=O)[C@H]1[C@H](c2ccc([N+](=O)[O-])cc2)OC(=O)N1C(=O)c1ccccc1. The van der Waals surface area contributed by atoms with Crippen molar-refractivity contribution in [1.29, 1.82) is 0 Å². The number of imide groups is 1. The number of esters is 1. The van der Waals surface area contributed by atoms with Crippen molar-refractivity contribution in [3.63, 3.8) is 0 Å². The Labute approximate surface area is 159 Å². The number of rotatable bonds is 5. The standard InChI is InChI=1S/C19H16N2O7/c1-2-27-18(23)15-16(12-8-10-14(11-9-12)21(25)26)28-19(24)20(15)17(22)13-6-4-3-5-7-13/h3-11,15-16H,2H2,1H3/t15-,16+/m1/s1. The molecule has 2 atom stereocenters. The molecule has 144 valence electrons. The van der Waals surface area contributed by atoms with E-state index in [0.717, 1.165) is 4.90 Å². The molecular formula is C19H16N2O7. The van der Waals surface area contributed by atoms with Crippen molar-refractivity contribution in [1.82, 2.24) is 4.90 Å². The highest BCUT2D eigenvalue weighted by Crippen LogP contribution is 2.35. The van der Waals surface area contributed by atoms with Crippen molar-refractivity contribution >= 4 is 23.7 Å². The van der Waals surface area contributed by atoms with Gasteiger partial charge in [0.05, 0.1) is 11.5 Å². The van der Waals surface area contributed by atoms with Gasteiger partial charge in [-0.05, 0) is 36.8 Å². The van der Waals surface area contributed by atoms with E-state index in [0.29, 0.717) is 5.56 Å². The number of cyclic esters (lactones) is 1. The first-order valence-corrected chi connectivity index (χ1v) is 8.44. The highest BCUT2D eigenvalue weighted by atomic mass is 16.6. The van der Waals surface area contributed by atoms with Gasteiger partial charge in [-0.15, -0.1) is 0 Å². The highest BCUT2D eigenvalue weighted by molar-refractivity contribution is 6.07. The summed E-state index contributed by atoms with van der Waals surface area (Å²) in [6.45, 7) is 1.64. The molecule has 0 spiro atoms. The van der Waals surface area contributed by atoms with Crippen LogP contribution in [0.3, 0.4) is 0 Å². The van der Waals surface area contributed by atoms with Gasteiger partial charge in [-0.3, -0.25) is 14.9 Å². The van der Waals surface area contributed by atoms with E-state index in [9.17, 15) is 24.5 Å². The minimum absolute atomic E-state index is 0.0455. The summed E-state index contributed by atoms with van der Waals surface area (Å²) in [6, 6.07) is 11.8. The number of hydrogen-bond donors (Lipinski definition) is 0. The van der Waals surface area contributed by atoms with Crippen LogP contribution in [0.1, 0.15) is 28.9 Å². The number of amides is 2. The lowest BCUT2D eigenvalue weighted by atomic mass is 10.0. The molecule has 1 fully saturated rings. The van der Waals surface area contributed by atoms with Crippen LogP contribution in [0.5, 0.6) is 0 Å². The fourth-order valence-corrected chi connectivity index (χ4v) is 2.90. The first-order chi connectivity index (χ1) is 13.4. The molecule has 3 rings (SSSR count). The Morgan fingerprint density at radius 3 is 2.36 bits per heavy atom. The van der Waals surface area contributed by atoms with Crippen molar-refractivity contribution in [2.45, 2.75) is 19.1 Å². The normalized spacial score (nSPS) is 18.5. The smallest absolute Gasteiger partial charge is 0.418 e. The van der Waals surface area contributed by atoms with E-state index in [1.54, 1.807) is 25.1 Å². The maximum absolute atomic E-state index is 12.8. The van der Waals surface area contributed by atoms with E-state index in [-0.39, 0.29) is 17.9 Å². The molecular weight excluding hydrogens is 368 g/mol. The lowest BCUT2D eigenvalue weighted by Gasteiger charge is -2.21. The third-order valence-electron chi connectivity index (χ3n) is 4.19. The summed E-state index contributed by atoms with van der Waals surface area (Å²) in [5.41, 5.74) is 0.386. The van der Waals surface area contributed by atoms with Crippen LogP contribution in [0.25, 0.3) is 0 Å². The second kappa shape index (κ2) is 7.87. The molecule has 9 nitrogen and oxygen atoms in total. The number of nitro groups is 1. The van der Waals surface area contributed by atoms with Crippen molar-refractivity contribution in [3.05, 3.63) is 75.8 Å². The monoisotopic (exact) mass is 384 g/mol. The molecule has 0 radical (unpaired) electrons.